The monoisotopic (exact) mass is 1220 g/mol. The summed E-state index contributed by atoms with van der Waals surface area (Å²) in [5.74, 6) is -0.261. The largest absolute Gasteiger partial charge is 0.394 e. The van der Waals surface area contributed by atoms with Crippen molar-refractivity contribution in [1.82, 2.24) is 5.32 Å². The second-order valence-electron chi connectivity index (χ2n) is 23.2. The second kappa shape index (κ2) is 56.1. The van der Waals surface area contributed by atoms with E-state index < -0.39 is 86.8 Å². The molecule has 0 bridgehead atoms. The van der Waals surface area contributed by atoms with Crippen LogP contribution in [0.25, 0.3) is 0 Å². The number of carbonyl (C=O) groups excluding carboxylic acids is 1. The molecule has 87 heavy (non-hydrogen) atoms. The van der Waals surface area contributed by atoms with Crippen molar-refractivity contribution in [2.24, 2.45) is 0 Å². The Hall–Kier alpha value is -3.87. The smallest absolute Gasteiger partial charge is 0.220 e. The lowest BCUT2D eigenvalue weighted by atomic mass is 9.97. The molecule has 2 heterocycles. The lowest BCUT2D eigenvalue weighted by molar-refractivity contribution is -0.359. The number of hydrogen-bond acceptors (Lipinski definition) is 13. The molecule has 12 atom stereocenters. The van der Waals surface area contributed by atoms with Gasteiger partial charge in [0.1, 0.15) is 48.8 Å². The molecule has 0 aromatic carbocycles. The van der Waals surface area contributed by atoms with E-state index in [-0.39, 0.29) is 18.9 Å². The van der Waals surface area contributed by atoms with Crippen LogP contribution in [0.1, 0.15) is 226 Å². The van der Waals surface area contributed by atoms with Gasteiger partial charge in [0.25, 0.3) is 0 Å². The van der Waals surface area contributed by atoms with Crippen molar-refractivity contribution in [3.63, 3.8) is 0 Å². The molecule has 2 saturated heterocycles. The summed E-state index contributed by atoms with van der Waals surface area (Å²) in [5, 5.41) is 87.2. The van der Waals surface area contributed by atoms with Crippen LogP contribution >= 0.6 is 0 Å². The van der Waals surface area contributed by atoms with Crippen LogP contribution in [0.2, 0.25) is 0 Å². The Kier molecular flexibility index (Phi) is 51.1. The van der Waals surface area contributed by atoms with Gasteiger partial charge in [0.2, 0.25) is 5.91 Å². The molecule has 2 aliphatic rings. The normalized spacial score (nSPS) is 24.2. The van der Waals surface area contributed by atoms with Crippen LogP contribution in [0.5, 0.6) is 0 Å². The fraction of sp³-hybridized carbons (Fsp3) is 0.685. The molecule has 0 aromatic heterocycles. The molecular formula is C73H121NO13. The summed E-state index contributed by atoms with van der Waals surface area (Å²) < 4.78 is 22.8. The number of aliphatic hydroxyl groups is 8. The third-order valence-corrected chi connectivity index (χ3v) is 15.6. The number of rotatable bonds is 53. The van der Waals surface area contributed by atoms with Crippen LogP contribution < -0.4 is 5.32 Å². The lowest BCUT2D eigenvalue weighted by Gasteiger charge is -2.46. The van der Waals surface area contributed by atoms with Gasteiger partial charge in [-0.15, -0.1) is 0 Å². The topological polar surface area (TPSA) is 228 Å². The summed E-state index contributed by atoms with van der Waals surface area (Å²) in [6.45, 7) is 2.65. The van der Waals surface area contributed by atoms with Crippen LogP contribution in [-0.2, 0) is 23.7 Å². The van der Waals surface area contributed by atoms with E-state index in [1.165, 1.54) is 89.9 Å². The van der Waals surface area contributed by atoms with Crippen molar-refractivity contribution in [3.8, 4) is 0 Å². The predicted molar refractivity (Wildman–Crippen MR) is 355 cm³/mol. The predicted octanol–water partition coefficient (Wildman–Crippen LogP) is 13.5. The number of aliphatic hydroxyl groups excluding tert-OH is 8. The average Bonchev–Trinajstić information content (AvgIpc) is 2.36. The Bertz CT molecular complexity index is 1970. The van der Waals surface area contributed by atoms with Gasteiger partial charge in [0, 0.05) is 6.42 Å². The Morgan fingerprint density at radius 2 is 0.805 bits per heavy atom. The molecule has 9 N–H and O–H groups in total. The first-order valence-electron chi connectivity index (χ1n) is 33.9. The second-order valence-corrected chi connectivity index (χ2v) is 23.2. The fourth-order valence-corrected chi connectivity index (χ4v) is 10.2. The van der Waals surface area contributed by atoms with Crippen molar-refractivity contribution in [2.45, 2.75) is 299 Å². The van der Waals surface area contributed by atoms with Crippen LogP contribution in [0.4, 0.5) is 0 Å². The molecule has 14 nitrogen and oxygen atoms in total. The van der Waals surface area contributed by atoms with Gasteiger partial charge < -0.3 is 65.1 Å². The van der Waals surface area contributed by atoms with E-state index in [4.69, 9.17) is 18.9 Å². The van der Waals surface area contributed by atoms with Gasteiger partial charge in [0.15, 0.2) is 12.6 Å². The molecule has 1 amide bonds. The number of allylic oxidation sites excluding steroid dienone is 21. The molecule has 496 valence electrons. The summed E-state index contributed by atoms with van der Waals surface area (Å²) in [5.41, 5.74) is 0. The Balaban J connectivity index is 1.67. The highest BCUT2D eigenvalue weighted by atomic mass is 16.7. The molecule has 14 heteroatoms. The maximum Gasteiger partial charge on any atom is 0.220 e. The zero-order chi connectivity index (χ0) is 63.1. The minimum Gasteiger partial charge on any atom is -0.394 e. The molecule has 2 fully saturated rings. The third-order valence-electron chi connectivity index (χ3n) is 15.6. The maximum atomic E-state index is 13.3. The van der Waals surface area contributed by atoms with Crippen LogP contribution in [-0.4, -0.2) is 140 Å². The van der Waals surface area contributed by atoms with Gasteiger partial charge in [-0.25, -0.2) is 0 Å². The molecule has 2 rings (SSSR count). The van der Waals surface area contributed by atoms with E-state index in [0.29, 0.717) is 12.8 Å². The average molecular weight is 1220 g/mol. The zero-order valence-electron chi connectivity index (χ0n) is 53.7. The van der Waals surface area contributed by atoms with E-state index >= 15 is 0 Å². The van der Waals surface area contributed by atoms with Crippen LogP contribution in [0, 0.1) is 0 Å². The van der Waals surface area contributed by atoms with Gasteiger partial charge in [0.05, 0.1) is 32.0 Å². The first-order valence-corrected chi connectivity index (χ1v) is 33.9. The summed E-state index contributed by atoms with van der Waals surface area (Å²) in [6.07, 6.45) is 66.4. The molecule has 0 aromatic rings. The summed E-state index contributed by atoms with van der Waals surface area (Å²) >= 11 is 0. The number of amides is 1. The maximum absolute atomic E-state index is 13.3. The van der Waals surface area contributed by atoms with Gasteiger partial charge in [-0.2, -0.15) is 0 Å². The number of carbonyl (C=O) groups is 1. The highest BCUT2D eigenvalue weighted by Gasteiger charge is 2.51. The van der Waals surface area contributed by atoms with Crippen molar-refractivity contribution < 1.29 is 64.6 Å². The van der Waals surface area contributed by atoms with E-state index in [1.807, 2.05) is 6.08 Å². The van der Waals surface area contributed by atoms with Crippen LogP contribution in [0.3, 0.4) is 0 Å². The molecule has 0 saturated carbocycles. The highest BCUT2D eigenvalue weighted by molar-refractivity contribution is 5.76. The van der Waals surface area contributed by atoms with Gasteiger partial charge >= 0.3 is 0 Å². The third kappa shape index (κ3) is 40.5. The quantitative estimate of drug-likeness (QED) is 0.0204. The van der Waals surface area contributed by atoms with Crippen molar-refractivity contribution in [3.05, 3.63) is 134 Å². The van der Waals surface area contributed by atoms with E-state index in [9.17, 15) is 45.6 Å². The Labute approximate surface area is 526 Å². The molecule has 2 aliphatic heterocycles. The highest BCUT2D eigenvalue weighted by Crippen LogP contribution is 2.30. The first-order chi connectivity index (χ1) is 42.6. The molecule has 0 radical (unpaired) electrons. The Morgan fingerprint density at radius 1 is 0.425 bits per heavy atom. The minimum absolute atomic E-state index is 0.258. The van der Waals surface area contributed by atoms with Gasteiger partial charge in [-0.3, -0.25) is 4.79 Å². The molecule has 0 spiro atoms. The van der Waals surface area contributed by atoms with E-state index in [1.54, 1.807) is 6.08 Å². The van der Waals surface area contributed by atoms with Crippen molar-refractivity contribution in [2.75, 3.05) is 19.8 Å². The molecule has 12 unspecified atom stereocenters. The van der Waals surface area contributed by atoms with E-state index in [2.05, 4.69) is 141 Å². The van der Waals surface area contributed by atoms with Crippen molar-refractivity contribution >= 4 is 5.91 Å². The molecular weight excluding hydrogens is 1100 g/mol. The lowest BCUT2D eigenvalue weighted by Crippen LogP contribution is -2.65. The van der Waals surface area contributed by atoms with Gasteiger partial charge in [-0.05, 0) is 103 Å². The zero-order valence-corrected chi connectivity index (χ0v) is 53.7. The summed E-state index contributed by atoms with van der Waals surface area (Å²) in [6, 6.07) is -0.944. The minimum atomic E-state index is -1.80. The first kappa shape index (κ1) is 79.2. The van der Waals surface area contributed by atoms with E-state index in [0.717, 1.165) is 103 Å². The van der Waals surface area contributed by atoms with Crippen molar-refractivity contribution in [1.29, 1.82) is 0 Å². The molecule has 0 aliphatic carbocycles. The number of hydrogen-bond donors (Lipinski definition) is 9. The fourth-order valence-electron chi connectivity index (χ4n) is 10.2. The number of nitrogens with one attached hydrogen (secondary N) is 1. The number of unbranched alkanes of at least 4 members (excludes halogenated alkanes) is 20. The summed E-state index contributed by atoms with van der Waals surface area (Å²) in [4.78, 5) is 13.3. The van der Waals surface area contributed by atoms with Gasteiger partial charge in [-0.1, -0.05) is 250 Å². The van der Waals surface area contributed by atoms with Crippen LogP contribution in [0.15, 0.2) is 134 Å². The summed E-state index contributed by atoms with van der Waals surface area (Å²) in [7, 11) is 0. The SMILES string of the molecule is CC/C=C\C/C=C\C/C=C\C/C=C\C/C=C\C/C=C\C/C=C\C/C=C\C/C=C\CCCCCCCCCCCC(=O)NC(COC1OC(CO)C(OC2OC(CO)C(O)C(O)C2O)C(O)C1O)C(O)/C=C/CC/C=C/CCCCCCCCCCCC. The standard InChI is InChI=1S/C73H121NO13/c1-3-5-7-9-11-13-15-17-19-21-22-23-24-25-26-27-28-29-30-31-32-33-34-35-36-37-38-39-40-41-43-45-47-49-51-53-55-57-65(78)74-61(62(77)56-54-52-50-48-46-44-42-20-18-16-14-12-10-8-6-4-2)60-84-72-70(83)68(81)71(64(59-76)86-72)87-73-69(82)67(80)66(79)63(58-75)85-73/h5,7,11,13,17,19,22-23,25-26,28-29,31-32,34-35,37-38,46,48,54,56,61-64,66-73,75-77,79-83H,3-4,6,8-10,12,14-16,18,20-21,24,27,30,33,36,39-45,47,49-53,55,57-60H2,1-2H3,(H,74,78)/b7-5-,13-11-,19-17-,23-22-,26-25-,29-28-,32-31-,35-34-,38-37-,48-46+,56-54+. The number of ether oxygens (including phenoxy) is 4. The Morgan fingerprint density at radius 3 is 1.26 bits per heavy atom.